The quantitative estimate of drug-likeness (QED) is 0.596. The van der Waals surface area contributed by atoms with Crippen LogP contribution in [0, 0.1) is 0 Å². The highest BCUT2D eigenvalue weighted by Gasteiger charge is 2.16. The summed E-state index contributed by atoms with van der Waals surface area (Å²) in [6.07, 6.45) is 1.58. The number of rotatable bonds is 0. The molecule has 1 aromatic rings. The van der Waals surface area contributed by atoms with Gasteiger partial charge in [-0.15, -0.1) is 0 Å². The molecule has 0 spiro atoms. The zero-order chi connectivity index (χ0) is 8.39. The molecule has 0 saturated heterocycles. The Balaban J connectivity index is 2.46. The molecule has 1 N–H and O–H groups in total. The molecule has 0 atom stereocenters. The minimum absolute atomic E-state index is 0.164. The molecule has 62 valence electrons. The predicted octanol–water partition coefficient (Wildman–Crippen LogP) is 0.204. The molecule has 0 aromatic carbocycles. The number of carbonyl (C=O) groups is 1. The number of carbonyl (C=O) groups excluding carboxylic acids is 1. The Hall–Kier alpha value is -1.58. The average molecular weight is 164 g/mol. The topological polar surface area (TPSA) is 51.2 Å². The maximum absolute atomic E-state index is 11.3. The number of fused-ring (bicyclic) bond motifs is 1. The van der Waals surface area contributed by atoms with Crippen molar-refractivity contribution < 1.29 is 9.53 Å². The number of nitrogens with zero attached hydrogens (tertiary/aromatic N) is 1. The van der Waals surface area contributed by atoms with Crippen LogP contribution in [0.5, 0.6) is 5.75 Å². The molecular weight excluding hydrogens is 156 g/mol. The van der Waals surface area contributed by atoms with Crippen molar-refractivity contribution in [2.45, 2.75) is 0 Å². The largest absolute Gasteiger partial charge is 0.489 e. The molecule has 1 amide bonds. The third-order valence-corrected chi connectivity index (χ3v) is 1.63. The predicted molar refractivity (Wildman–Crippen MR) is 42.1 cm³/mol. The number of pyridine rings is 1. The van der Waals surface area contributed by atoms with E-state index in [2.05, 4.69) is 10.3 Å². The number of ether oxygens (including phenoxy) is 1. The lowest BCUT2D eigenvalue weighted by molar-refractivity contribution is 0.0952. The number of nitrogens with one attached hydrogen (secondary N) is 1. The summed E-state index contributed by atoms with van der Waals surface area (Å²) in [5, 5.41) is 2.67. The monoisotopic (exact) mass is 164 g/mol. The molecule has 0 aliphatic carbocycles. The van der Waals surface area contributed by atoms with E-state index in [1.54, 1.807) is 18.3 Å². The van der Waals surface area contributed by atoms with Gasteiger partial charge in [0, 0.05) is 6.20 Å². The van der Waals surface area contributed by atoms with Crippen LogP contribution in [0.3, 0.4) is 0 Å². The first-order valence-corrected chi connectivity index (χ1v) is 3.74. The first-order valence-electron chi connectivity index (χ1n) is 3.74. The van der Waals surface area contributed by atoms with Crippen molar-refractivity contribution in [1.82, 2.24) is 10.3 Å². The minimum atomic E-state index is -0.164. The molecule has 0 unspecified atom stereocenters. The summed E-state index contributed by atoms with van der Waals surface area (Å²) in [4.78, 5) is 15.2. The smallest absolute Gasteiger partial charge is 0.273 e. The van der Waals surface area contributed by atoms with Crippen LogP contribution in [-0.2, 0) is 0 Å². The fraction of sp³-hybridized carbons (Fsp3) is 0.250. The highest BCUT2D eigenvalue weighted by molar-refractivity contribution is 5.95. The van der Waals surface area contributed by atoms with Gasteiger partial charge in [-0.2, -0.15) is 0 Å². The van der Waals surface area contributed by atoms with E-state index < -0.39 is 0 Å². The summed E-state index contributed by atoms with van der Waals surface area (Å²) < 4.78 is 5.27. The third kappa shape index (κ3) is 1.11. The van der Waals surface area contributed by atoms with Gasteiger partial charge in [0.15, 0.2) is 11.4 Å². The Kier molecular flexibility index (Phi) is 1.66. The van der Waals surface area contributed by atoms with Crippen LogP contribution in [0.15, 0.2) is 18.3 Å². The van der Waals surface area contributed by atoms with Gasteiger partial charge >= 0.3 is 0 Å². The fourth-order valence-corrected chi connectivity index (χ4v) is 1.09. The lowest BCUT2D eigenvalue weighted by atomic mass is 10.3. The van der Waals surface area contributed by atoms with Crippen molar-refractivity contribution in [1.29, 1.82) is 0 Å². The first-order chi connectivity index (χ1) is 5.88. The Morgan fingerprint density at radius 1 is 1.58 bits per heavy atom. The molecule has 2 heterocycles. The zero-order valence-electron chi connectivity index (χ0n) is 6.41. The van der Waals surface area contributed by atoms with Crippen LogP contribution in [0.25, 0.3) is 0 Å². The molecule has 0 saturated carbocycles. The number of hydrogen-bond donors (Lipinski definition) is 1. The molecule has 4 nitrogen and oxygen atoms in total. The number of hydrogen-bond acceptors (Lipinski definition) is 3. The van der Waals surface area contributed by atoms with Crippen molar-refractivity contribution in [3.8, 4) is 5.75 Å². The van der Waals surface area contributed by atoms with Crippen LogP contribution in [-0.4, -0.2) is 24.0 Å². The molecule has 4 heteroatoms. The molecule has 1 aliphatic rings. The Morgan fingerprint density at radius 3 is 3.42 bits per heavy atom. The van der Waals surface area contributed by atoms with Crippen molar-refractivity contribution in [2.24, 2.45) is 0 Å². The molecule has 0 fully saturated rings. The molecular formula is C8H8N2O2. The molecule has 2 rings (SSSR count). The molecule has 1 aliphatic heterocycles. The Bertz CT molecular complexity index is 312. The van der Waals surface area contributed by atoms with Crippen molar-refractivity contribution in [3.05, 3.63) is 24.0 Å². The van der Waals surface area contributed by atoms with Gasteiger partial charge in [0.25, 0.3) is 5.91 Å². The molecule has 1 aromatic heterocycles. The van der Waals surface area contributed by atoms with E-state index in [0.717, 1.165) is 0 Å². The van der Waals surface area contributed by atoms with E-state index in [-0.39, 0.29) is 5.91 Å². The van der Waals surface area contributed by atoms with E-state index in [9.17, 15) is 4.79 Å². The van der Waals surface area contributed by atoms with Gasteiger partial charge in [0.2, 0.25) is 0 Å². The highest BCUT2D eigenvalue weighted by atomic mass is 16.5. The maximum Gasteiger partial charge on any atom is 0.273 e. The summed E-state index contributed by atoms with van der Waals surface area (Å²) in [5.41, 5.74) is 0.370. The van der Waals surface area contributed by atoms with E-state index >= 15 is 0 Å². The van der Waals surface area contributed by atoms with Crippen LogP contribution in [0.2, 0.25) is 0 Å². The van der Waals surface area contributed by atoms with Crippen LogP contribution >= 0.6 is 0 Å². The average Bonchev–Trinajstić information content (AvgIpc) is 2.29. The lowest BCUT2D eigenvalue weighted by Crippen LogP contribution is -2.24. The summed E-state index contributed by atoms with van der Waals surface area (Å²) in [6, 6.07) is 3.49. The second kappa shape index (κ2) is 2.81. The summed E-state index contributed by atoms with van der Waals surface area (Å²) in [5.74, 6) is 0.399. The van der Waals surface area contributed by atoms with E-state index in [4.69, 9.17) is 4.74 Å². The Morgan fingerprint density at radius 2 is 2.50 bits per heavy atom. The van der Waals surface area contributed by atoms with E-state index in [0.29, 0.717) is 24.6 Å². The summed E-state index contributed by atoms with van der Waals surface area (Å²) in [7, 11) is 0. The fourth-order valence-electron chi connectivity index (χ4n) is 1.09. The van der Waals surface area contributed by atoms with Gasteiger partial charge in [-0.3, -0.25) is 4.79 Å². The third-order valence-electron chi connectivity index (χ3n) is 1.63. The zero-order valence-corrected chi connectivity index (χ0v) is 6.41. The standard InChI is InChI=1S/C8H8N2O2/c11-8-7-6(2-1-3-9-7)12-5-4-10-8/h1-3H,4-5H2,(H,10,11). The van der Waals surface area contributed by atoms with E-state index in [1.807, 2.05) is 0 Å². The Labute approximate surface area is 69.6 Å². The van der Waals surface area contributed by atoms with Gasteiger partial charge in [-0.1, -0.05) is 0 Å². The SMILES string of the molecule is O=C1NCCOc2cccnc21. The normalized spacial score (nSPS) is 15.5. The van der Waals surface area contributed by atoms with Gasteiger partial charge in [0.1, 0.15) is 6.61 Å². The summed E-state index contributed by atoms with van der Waals surface area (Å²) >= 11 is 0. The van der Waals surface area contributed by atoms with E-state index in [1.165, 1.54) is 0 Å². The maximum atomic E-state index is 11.3. The van der Waals surface area contributed by atoms with Crippen molar-refractivity contribution in [2.75, 3.05) is 13.2 Å². The number of aromatic nitrogens is 1. The van der Waals surface area contributed by atoms with Crippen LogP contribution in [0.1, 0.15) is 10.5 Å². The second-order valence-electron chi connectivity index (χ2n) is 2.45. The second-order valence-corrected chi connectivity index (χ2v) is 2.45. The molecule has 12 heavy (non-hydrogen) atoms. The minimum Gasteiger partial charge on any atom is -0.489 e. The van der Waals surface area contributed by atoms with Crippen LogP contribution < -0.4 is 10.1 Å². The summed E-state index contributed by atoms with van der Waals surface area (Å²) in [6.45, 7) is 1.04. The highest BCUT2D eigenvalue weighted by Crippen LogP contribution is 2.16. The van der Waals surface area contributed by atoms with Gasteiger partial charge in [-0.05, 0) is 12.1 Å². The van der Waals surface area contributed by atoms with Crippen molar-refractivity contribution in [3.63, 3.8) is 0 Å². The lowest BCUT2D eigenvalue weighted by Gasteiger charge is -2.01. The number of amides is 1. The first kappa shape index (κ1) is 7.09. The van der Waals surface area contributed by atoms with Gasteiger partial charge < -0.3 is 10.1 Å². The molecule has 0 bridgehead atoms. The van der Waals surface area contributed by atoms with Gasteiger partial charge in [0.05, 0.1) is 6.54 Å². The van der Waals surface area contributed by atoms with Crippen LogP contribution in [0.4, 0.5) is 0 Å². The van der Waals surface area contributed by atoms with Crippen molar-refractivity contribution >= 4 is 5.91 Å². The molecule has 0 radical (unpaired) electrons. The van der Waals surface area contributed by atoms with Gasteiger partial charge in [-0.25, -0.2) is 4.98 Å².